The number of thiazole rings is 1. The molecule has 0 unspecified atom stereocenters. The smallest absolute Gasteiger partial charge is 0.271 e. The molecule has 26 heavy (non-hydrogen) atoms. The van der Waals surface area contributed by atoms with Gasteiger partial charge < -0.3 is 16.0 Å². The largest absolute Gasteiger partial charge is 0.347 e. The molecular weight excluding hydrogens is 372 g/mol. The van der Waals surface area contributed by atoms with Gasteiger partial charge in [0, 0.05) is 37.9 Å². The molecular formula is C18H23ClN4O2S. The zero-order chi connectivity index (χ0) is 17.6. The van der Waals surface area contributed by atoms with E-state index in [1.165, 1.54) is 11.3 Å². The van der Waals surface area contributed by atoms with E-state index in [-0.39, 0.29) is 24.2 Å². The van der Waals surface area contributed by atoms with Gasteiger partial charge in [-0.1, -0.05) is 24.3 Å². The van der Waals surface area contributed by atoms with Gasteiger partial charge in [-0.15, -0.1) is 23.7 Å². The van der Waals surface area contributed by atoms with E-state index in [2.05, 4.69) is 10.3 Å². The molecule has 1 fully saturated rings. The monoisotopic (exact) mass is 394 g/mol. The van der Waals surface area contributed by atoms with Gasteiger partial charge >= 0.3 is 0 Å². The van der Waals surface area contributed by atoms with Crippen LogP contribution in [0, 0.1) is 0 Å². The third kappa shape index (κ3) is 5.27. The fourth-order valence-electron chi connectivity index (χ4n) is 2.86. The van der Waals surface area contributed by atoms with Gasteiger partial charge in [0.2, 0.25) is 5.91 Å². The number of benzene rings is 1. The van der Waals surface area contributed by atoms with E-state index in [1.54, 1.807) is 5.38 Å². The van der Waals surface area contributed by atoms with Gasteiger partial charge in [0.25, 0.3) is 5.91 Å². The maximum absolute atomic E-state index is 12.2. The summed E-state index contributed by atoms with van der Waals surface area (Å²) in [6.45, 7) is 2.43. The van der Waals surface area contributed by atoms with Crippen molar-refractivity contribution in [1.82, 2.24) is 15.2 Å². The quantitative estimate of drug-likeness (QED) is 0.752. The number of hydrogen-bond donors (Lipinski definition) is 2. The third-order valence-corrected chi connectivity index (χ3v) is 5.04. The summed E-state index contributed by atoms with van der Waals surface area (Å²) in [5, 5.41) is 5.53. The van der Waals surface area contributed by atoms with Crippen LogP contribution in [0.5, 0.6) is 0 Å². The topological polar surface area (TPSA) is 88.3 Å². The number of nitrogens with one attached hydrogen (secondary N) is 1. The van der Waals surface area contributed by atoms with Crippen LogP contribution < -0.4 is 11.1 Å². The molecule has 0 spiro atoms. The van der Waals surface area contributed by atoms with Crippen molar-refractivity contribution in [3.8, 4) is 0 Å². The highest BCUT2D eigenvalue weighted by atomic mass is 35.5. The van der Waals surface area contributed by atoms with Gasteiger partial charge in [0.1, 0.15) is 5.69 Å². The van der Waals surface area contributed by atoms with E-state index in [1.807, 2.05) is 29.2 Å². The van der Waals surface area contributed by atoms with E-state index >= 15 is 0 Å². The highest BCUT2D eigenvalue weighted by Gasteiger charge is 2.20. The van der Waals surface area contributed by atoms with E-state index in [0.717, 1.165) is 29.1 Å². The SMILES string of the molecule is Cl.NCCc1nc(C(=O)NCc2cccc(CN3CCCC3=O)c2)cs1. The summed E-state index contributed by atoms with van der Waals surface area (Å²) < 4.78 is 0. The average molecular weight is 395 g/mol. The van der Waals surface area contributed by atoms with Crippen molar-refractivity contribution >= 4 is 35.6 Å². The molecule has 6 nitrogen and oxygen atoms in total. The van der Waals surface area contributed by atoms with Crippen LogP contribution in [-0.2, 0) is 24.3 Å². The zero-order valence-corrected chi connectivity index (χ0v) is 16.1. The Labute approximate surface area is 163 Å². The molecule has 1 aromatic carbocycles. The van der Waals surface area contributed by atoms with E-state index in [9.17, 15) is 9.59 Å². The van der Waals surface area contributed by atoms with Crippen molar-refractivity contribution in [3.05, 3.63) is 51.5 Å². The predicted octanol–water partition coefficient (Wildman–Crippen LogP) is 2.12. The first kappa shape index (κ1) is 20.4. The summed E-state index contributed by atoms with van der Waals surface area (Å²) in [4.78, 5) is 30.1. The summed E-state index contributed by atoms with van der Waals surface area (Å²) in [5.74, 6) is 0.0372. The van der Waals surface area contributed by atoms with E-state index < -0.39 is 0 Å². The lowest BCUT2D eigenvalue weighted by Gasteiger charge is -2.16. The maximum atomic E-state index is 12.2. The summed E-state index contributed by atoms with van der Waals surface area (Å²) in [6.07, 6.45) is 2.28. The molecule has 0 aliphatic carbocycles. The fourth-order valence-corrected chi connectivity index (χ4v) is 3.65. The van der Waals surface area contributed by atoms with Crippen LogP contribution in [0.15, 0.2) is 29.6 Å². The number of halogens is 1. The summed E-state index contributed by atoms with van der Waals surface area (Å²) in [5.41, 5.74) is 8.03. The zero-order valence-electron chi connectivity index (χ0n) is 14.4. The number of nitrogens with zero attached hydrogens (tertiary/aromatic N) is 2. The molecule has 1 aliphatic rings. The minimum absolute atomic E-state index is 0. The maximum Gasteiger partial charge on any atom is 0.271 e. The second-order valence-electron chi connectivity index (χ2n) is 6.09. The molecule has 2 amide bonds. The summed E-state index contributed by atoms with van der Waals surface area (Å²) in [6, 6.07) is 7.97. The Morgan fingerprint density at radius 2 is 2.15 bits per heavy atom. The molecule has 140 valence electrons. The van der Waals surface area contributed by atoms with Crippen LogP contribution in [0.2, 0.25) is 0 Å². The third-order valence-electron chi connectivity index (χ3n) is 4.13. The second-order valence-corrected chi connectivity index (χ2v) is 7.03. The number of carbonyl (C=O) groups excluding carboxylic acids is 2. The Kier molecular flexibility index (Phi) is 7.56. The molecule has 0 bridgehead atoms. The van der Waals surface area contributed by atoms with Crippen LogP contribution in [0.25, 0.3) is 0 Å². The van der Waals surface area contributed by atoms with Crippen molar-refractivity contribution in [2.75, 3.05) is 13.1 Å². The van der Waals surface area contributed by atoms with Crippen molar-refractivity contribution in [3.63, 3.8) is 0 Å². The van der Waals surface area contributed by atoms with Crippen LogP contribution in [0.3, 0.4) is 0 Å². The van der Waals surface area contributed by atoms with Crippen molar-refractivity contribution < 1.29 is 9.59 Å². The van der Waals surface area contributed by atoms with Gasteiger partial charge in [-0.05, 0) is 24.1 Å². The first-order chi connectivity index (χ1) is 12.2. The average Bonchev–Trinajstić information content (AvgIpc) is 3.23. The van der Waals surface area contributed by atoms with Crippen molar-refractivity contribution in [1.29, 1.82) is 0 Å². The molecule has 0 radical (unpaired) electrons. The number of carbonyl (C=O) groups is 2. The molecule has 3 rings (SSSR count). The lowest BCUT2D eigenvalue weighted by atomic mass is 10.1. The first-order valence-electron chi connectivity index (χ1n) is 8.44. The molecule has 0 atom stereocenters. The van der Waals surface area contributed by atoms with Crippen LogP contribution in [-0.4, -0.2) is 34.8 Å². The number of hydrogen-bond acceptors (Lipinski definition) is 5. The van der Waals surface area contributed by atoms with Crippen molar-refractivity contribution in [2.24, 2.45) is 5.73 Å². The Morgan fingerprint density at radius 3 is 2.88 bits per heavy atom. The molecule has 1 aromatic heterocycles. The lowest BCUT2D eigenvalue weighted by molar-refractivity contribution is -0.128. The Hall–Kier alpha value is -1.96. The lowest BCUT2D eigenvalue weighted by Crippen LogP contribution is -2.24. The number of rotatable bonds is 7. The molecule has 2 aromatic rings. The van der Waals surface area contributed by atoms with Gasteiger partial charge in [0.15, 0.2) is 0 Å². The number of amides is 2. The first-order valence-corrected chi connectivity index (χ1v) is 9.32. The van der Waals surface area contributed by atoms with Crippen LogP contribution in [0.1, 0.15) is 39.5 Å². The van der Waals surface area contributed by atoms with Gasteiger partial charge in [-0.3, -0.25) is 9.59 Å². The van der Waals surface area contributed by atoms with Gasteiger partial charge in [-0.25, -0.2) is 4.98 Å². The van der Waals surface area contributed by atoms with Crippen LogP contribution in [0.4, 0.5) is 0 Å². The Bertz CT molecular complexity index is 765. The standard InChI is InChI=1S/C18H22N4O2S.ClH/c19-7-6-16-21-15(12-25-16)18(24)20-10-13-3-1-4-14(9-13)11-22-8-2-5-17(22)23;/h1,3-4,9,12H,2,5-8,10-11,19H2,(H,20,24);1H. The number of likely N-dealkylation sites (tertiary alicyclic amines) is 1. The number of nitrogens with two attached hydrogens (primary N) is 1. The Morgan fingerprint density at radius 1 is 1.35 bits per heavy atom. The molecule has 8 heteroatoms. The van der Waals surface area contributed by atoms with E-state index in [0.29, 0.717) is 38.2 Å². The molecule has 1 aliphatic heterocycles. The summed E-state index contributed by atoms with van der Waals surface area (Å²) in [7, 11) is 0. The molecule has 1 saturated heterocycles. The normalized spacial score (nSPS) is 13.6. The highest BCUT2D eigenvalue weighted by Crippen LogP contribution is 2.15. The molecule has 0 saturated carbocycles. The summed E-state index contributed by atoms with van der Waals surface area (Å²) >= 11 is 1.46. The predicted molar refractivity (Wildman–Crippen MR) is 104 cm³/mol. The van der Waals surface area contributed by atoms with Crippen molar-refractivity contribution in [2.45, 2.75) is 32.4 Å². The molecule has 2 heterocycles. The van der Waals surface area contributed by atoms with Crippen LogP contribution >= 0.6 is 23.7 Å². The minimum Gasteiger partial charge on any atom is -0.347 e. The highest BCUT2D eigenvalue weighted by molar-refractivity contribution is 7.09. The van der Waals surface area contributed by atoms with Gasteiger partial charge in [0.05, 0.1) is 5.01 Å². The molecule has 3 N–H and O–H groups in total. The van der Waals surface area contributed by atoms with Gasteiger partial charge in [-0.2, -0.15) is 0 Å². The fraction of sp³-hybridized carbons (Fsp3) is 0.389. The minimum atomic E-state index is -0.181. The number of aromatic nitrogens is 1. The Balaban J connectivity index is 0.00000243. The van der Waals surface area contributed by atoms with E-state index in [4.69, 9.17) is 5.73 Å². The second kappa shape index (κ2) is 9.66.